The summed E-state index contributed by atoms with van der Waals surface area (Å²) in [6, 6.07) is 17.4. The molecule has 0 radical (unpaired) electrons. The minimum Gasteiger partial charge on any atom is -0.422 e. The highest BCUT2D eigenvalue weighted by Crippen LogP contribution is 2.24. The molecular formula is C17H14O2. The van der Waals surface area contributed by atoms with Gasteiger partial charge in [-0.05, 0) is 29.7 Å². The average Bonchev–Trinajstić information content (AvgIpc) is 2.46. The van der Waals surface area contributed by atoms with Crippen molar-refractivity contribution in [2.75, 3.05) is 0 Å². The maximum absolute atomic E-state index is 12.1. The van der Waals surface area contributed by atoms with E-state index >= 15 is 0 Å². The lowest BCUT2D eigenvalue weighted by atomic mass is 9.99. The van der Waals surface area contributed by atoms with E-state index in [0.29, 0.717) is 11.1 Å². The Hall–Kier alpha value is -2.35. The standard InChI is InChI=1S/C17H14O2/c1-2-12-7-3-5-9-14(12)15-11-13-8-4-6-10-16(13)19-17(15)18/h3-11H,2H2,1H3. The summed E-state index contributed by atoms with van der Waals surface area (Å²) in [5.74, 6) is 0. The lowest BCUT2D eigenvalue weighted by Crippen LogP contribution is -2.04. The van der Waals surface area contributed by atoms with Crippen LogP contribution >= 0.6 is 0 Å². The van der Waals surface area contributed by atoms with Gasteiger partial charge in [0, 0.05) is 5.39 Å². The molecule has 0 fully saturated rings. The zero-order valence-electron chi connectivity index (χ0n) is 10.7. The van der Waals surface area contributed by atoms with E-state index < -0.39 is 0 Å². The van der Waals surface area contributed by atoms with Gasteiger partial charge >= 0.3 is 5.63 Å². The number of aryl methyl sites for hydroxylation is 1. The van der Waals surface area contributed by atoms with E-state index in [1.165, 1.54) is 0 Å². The van der Waals surface area contributed by atoms with E-state index in [1.807, 2.05) is 54.6 Å². The first-order chi connectivity index (χ1) is 9.29. The molecule has 1 heterocycles. The van der Waals surface area contributed by atoms with Crippen molar-refractivity contribution < 1.29 is 4.42 Å². The molecular weight excluding hydrogens is 236 g/mol. The highest BCUT2D eigenvalue weighted by Gasteiger charge is 2.10. The van der Waals surface area contributed by atoms with Gasteiger partial charge in [-0.2, -0.15) is 0 Å². The first kappa shape index (κ1) is 11.7. The molecule has 2 heteroatoms. The first-order valence-corrected chi connectivity index (χ1v) is 6.41. The summed E-state index contributed by atoms with van der Waals surface area (Å²) >= 11 is 0. The summed E-state index contributed by atoms with van der Waals surface area (Å²) in [4.78, 5) is 12.1. The quantitative estimate of drug-likeness (QED) is 0.643. The van der Waals surface area contributed by atoms with Gasteiger partial charge in [-0.15, -0.1) is 0 Å². The summed E-state index contributed by atoms with van der Waals surface area (Å²) in [6.45, 7) is 2.08. The molecule has 94 valence electrons. The van der Waals surface area contributed by atoms with Gasteiger partial charge in [-0.25, -0.2) is 4.79 Å². The molecule has 0 saturated carbocycles. The molecule has 0 atom stereocenters. The lowest BCUT2D eigenvalue weighted by Gasteiger charge is -2.07. The molecule has 0 amide bonds. The zero-order chi connectivity index (χ0) is 13.2. The Bertz CT molecular complexity index is 784. The Labute approximate surface area is 111 Å². The Kier molecular flexibility index (Phi) is 2.92. The van der Waals surface area contributed by atoms with Crippen molar-refractivity contribution in [2.24, 2.45) is 0 Å². The van der Waals surface area contributed by atoms with Crippen LogP contribution in [0.1, 0.15) is 12.5 Å². The molecule has 2 aromatic carbocycles. The summed E-state index contributed by atoms with van der Waals surface area (Å²) in [5, 5.41) is 0.947. The third kappa shape index (κ3) is 2.06. The van der Waals surface area contributed by atoms with Crippen molar-refractivity contribution in [3.63, 3.8) is 0 Å². The van der Waals surface area contributed by atoms with Gasteiger partial charge in [0.2, 0.25) is 0 Å². The molecule has 0 aliphatic carbocycles. The van der Waals surface area contributed by atoms with Gasteiger partial charge in [0.15, 0.2) is 0 Å². The summed E-state index contributed by atoms with van der Waals surface area (Å²) < 4.78 is 5.39. The minimum absolute atomic E-state index is 0.278. The lowest BCUT2D eigenvalue weighted by molar-refractivity contribution is 0.563. The smallest absolute Gasteiger partial charge is 0.344 e. The predicted octanol–water partition coefficient (Wildman–Crippen LogP) is 4.02. The normalized spacial score (nSPS) is 10.8. The predicted molar refractivity (Wildman–Crippen MR) is 77.3 cm³/mol. The summed E-state index contributed by atoms with van der Waals surface area (Å²) in [5.41, 5.74) is 3.11. The van der Waals surface area contributed by atoms with Crippen LogP contribution in [0, 0.1) is 0 Å². The fourth-order valence-corrected chi connectivity index (χ4v) is 2.34. The van der Waals surface area contributed by atoms with Crippen molar-refractivity contribution in [3.05, 3.63) is 70.6 Å². The molecule has 0 unspecified atom stereocenters. The number of hydrogen-bond acceptors (Lipinski definition) is 2. The molecule has 0 aliphatic rings. The second-order valence-electron chi connectivity index (χ2n) is 4.50. The van der Waals surface area contributed by atoms with Gasteiger partial charge in [0.05, 0.1) is 5.56 Å². The van der Waals surface area contributed by atoms with E-state index in [4.69, 9.17) is 4.42 Å². The van der Waals surface area contributed by atoms with E-state index in [-0.39, 0.29) is 5.63 Å². The topological polar surface area (TPSA) is 30.2 Å². The number of fused-ring (bicyclic) bond motifs is 1. The van der Waals surface area contributed by atoms with Gasteiger partial charge in [-0.1, -0.05) is 49.4 Å². The Morgan fingerprint density at radius 2 is 1.68 bits per heavy atom. The van der Waals surface area contributed by atoms with Crippen LogP contribution in [0.4, 0.5) is 0 Å². The molecule has 1 aromatic heterocycles. The largest absolute Gasteiger partial charge is 0.422 e. The summed E-state index contributed by atoms with van der Waals surface area (Å²) in [7, 11) is 0. The van der Waals surface area contributed by atoms with E-state index in [2.05, 4.69) is 6.92 Å². The average molecular weight is 250 g/mol. The van der Waals surface area contributed by atoms with Crippen LogP contribution < -0.4 is 5.63 Å². The number of rotatable bonds is 2. The molecule has 0 N–H and O–H groups in total. The molecule has 2 nitrogen and oxygen atoms in total. The third-order valence-electron chi connectivity index (χ3n) is 3.33. The van der Waals surface area contributed by atoms with Gasteiger partial charge < -0.3 is 4.42 Å². The van der Waals surface area contributed by atoms with Gasteiger partial charge in [0.25, 0.3) is 0 Å². The van der Waals surface area contributed by atoms with Crippen molar-refractivity contribution in [1.82, 2.24) is 0 Å². The molecule has 0 bridgehead atoms. The molecule has 0 saturated heterocycles. The maximum atomic E-state index is 12.1. The van der Waals surface area contributed by atoms with E-state index in [1.54, 1.807) is 0 Å². The van der Waals surface area contributed by atoms with Crippen molar-refractivity contribution in [3.8, 4) is 11.1 Å². The van der Waals surface area contributed by atoms with Crippen molar-refractivity contribution >= 4 is 11.0 Å². The van der Waals surface area contributed by atoms with Crippen molar-refractivity contribution in [1.29, 1.82) is 0 Å². The Morgan fingerprint density at radius 1 is 0.947 bits per heavy atom. The van der Waals surface area contributed by atoms with Crippen LogP contribution in [0.15, 0.2) is 63.8 Å². The van der Waals surface area contributed by atoms with Gasteiger partial charge in [0.1, 0.15) is 5.58 Å². The zero-order valence-corrected chi connectivity index (χ0v) is 10.7. The Balaban J connectivity index is 2.30. The van der Waals surface area contributed by atoms with Crippen LogP contribution in [-0.2, 0) is 6.42 Å². The molecule has 19 heavy (non-hydrogen) atoms. The number of hydrogen-bond donors (Lipinski definition) is 0. The Morgan fingerprint density at radius 3 is 2.53 bits per heavy atom. The molecule has 3 rings (SSSR count). The fraction of sp³-hybridized carbons (Fsp3) is 0.118. The summed E-state index contributed by atoms with van der Waals surface area (Å²) in [6.07, 6.45) is 0.891. The van der Waals surface area contributed by atoms with Crippen molar-refractivity contribution in [2.45, 2.75) is 13.3 Å². The first-order valence-electron chi connectivity index (χ1n) is 6.41. The SMILES string of the molecule is CCc1ccccc1-c1cc2ccccc2oc1=O. The van der Waals surface area contributed by atoms with Crippen LogP contribution in [0.2, 0.25) is 0 Å². The fourth-order valence-electron chi connectivity index (χ4n) is 2.34. The van der Waals surface area contributed by atoms with E-state index in [0.717, 1.165) is 22.9 Å². The van der Waals surface area contributed by atoms with E-state index in [9.17, 15) is 4.79 Å². The molecule has 3 aromatic rings. The van der Waals surface area contributed by atoms with Crippen LogP contribution in [-0.4, -0.2) is 0 Å². The highest BCUT2D eigenvalue weighted by atomic mass is 16.4. The van der Waals surface area contributed by atoms with Crippen LogP contribution in [0.5, 0.6) is 0 Å². The third-order valence-corrected chi connectivity index (χ3v) is 3.33. The van der Waals surface area contributed by atoms with Gasteiger partial charge in [-0.3, -0.25) is 0 Å². The maximum Gasteiger partial charge on any atom is 0.344 e. The second-order valence-corrected chi connectivity index (χ2v) is 4.50. The number of benzene rings is 2. The minimum atomic E-state index is -0.278. The highest BCUT2D eigenvalue weighted by molar-refractivity contribution is 5.82. The second kappa shape index (κ2) is 4.73. The number of para-hydroxylation sites is 1. The van der Waals surface area contributed by atoms with Crippen LogP contribution in [0.3, 0.4) is 0 Å². The monoisotopic (exact) mass is 250 g/mol. The molecule has 0 spiro atoms. The van der Waals surface area contributed by atoms with Crippen LogP contribution in [0.25, 0.3) is 22.1 Å². The molecule has 0 aliphatic heterocycles.